The number of aryl methyl sites for hydroxylation is 1. The highest BCUT2D eigenvalue weighted by atomic mass is 127. The van der Waals surface area contributed by atoms with Crippen LogP contribution in [0, 0.1) is 17.4 Å². The van der Waals surface area contributed by atoms with Gasteiger partial charge >= 0.3 is 0 Å². The summed E-state index contributed by atoms with van der Waals surface area (Å²) in [5.41, 5.74) is 5.08. The van der Waals surface area contributed by atoms with Crippen LogP contribution in [0.1, 0.15) is 22.5 Å². The zero-order chi connectivity index (χ0) is 23.1. The molecule has 1 aliphatic heterocycles. The van der Waals surface area contributed by atoms with E-state index in [0.717, 1.165) is 50.7 Å². The summed E-state index contributed by atoms with van der Waals surface area (Å²) < 4.78 is 3.35. The van der Waals surface area contributed by atoms with Crippen LogP contribution in [0.5, 0.6) is 0 Å². The first-order valence-electron chi connectivity index (χ1n) is 10.6. The standard InChI is InChI=1S/C27H21IN2O2S/c1-17-13-22(18(2)30(17)24-11-9-23(28)10-12-24)15-25-26(31)29(27(32)33-25)16-19-7-8-20-5-3-4-6-21(20)14-19/h3-15H,16H2,1-2H3/b25-15-. The summed E-state index contributed by atoms with van der Waals surface area (Å²) in [4.78, 5) is 27.6. The van der Waals surface area contributed by atoms with Gasteiger partial charge in [0.15, 0.2) is 0 Å². The van der Waals surface area contributed by atoms with Gasteiger partial charge in [0.05, 0.1) is 11.4 Å². The Morgan fingerprint density at radius 3 is 2.39 bits per heavy atom. The number of hydrogen-bond acceptors (Lipinski definition) is 3. The van der Waals surface area contributed by atoms with E-state index in [2.05, 4.69) is 63.6 Å². The van der Waals surface area contributed by atoms with Crippen LogP contribution in [-0.4, -0.2) is 20.6 Å². The van der Waals surface area contributed by atoms with E-state index in [1.807, 2.05) is 56.3 Å². The van der Waals surface area contributed by atoms with Gasteiger partial charge in [-0.2, -0.15) is 0 Å². The molecule has 1 saturated heterocycles. The van der Waals surface area contributed by atoms with Crippen LogP contribution in [0.4, 0.5) is 4.79 Å². The lowest BCUT2D eigenvalue weighted by Crippen LogP contribution is -2.27. The van der Waals surface area contributed by atoms with Gasteiger partial charge in [0.1, 0.15) is 0 Å². The second-order valence-electron chi connectivity index (χ2n) is 8.09. The maximum atomic E-state index is 13.1. The molecule has 5 rings (SSSR count). The number of nitrogens with zero attached hydrogens (tertiary/aromatic N) is 2. The Labute approximate surface area is 210 Å². The number of thioether (sulfide) groups is 1. The summed E-state index contributed by atoms with van der Waals surface area (Å²) in [5.74, 6) is -0.239. The molecule has 164 valence electrons. The second-order valence-corrected chi connectivity index (χ2v) is 10.3. The first-order valence-corrected chi connectivity index (χ1v) is 12.5. The fourth-order valence-electron chi connectivity index (χ4n) is 4.22. The molecular weight excluding hydrogens is 543 g/mol. The Bertz CT molecular complexity index is 1440. The normalized spacial score (nSPS) is 15.2. The zero-order valence-corrected chi connectivity index (χ0v) is 21.2. The van der Waals surface area contributed by atoms with Crippen LogP contribution in [-0.2, 0) is 11.3 Å². The molecule has 0 aliphatic carbocycles. The minimum absolute atomic E-state index is 0.231. The predicted molar refractivity (Wildman–Crippen MR) is 143 cm³/mol. The Hall–Kier alpha value is -2.84. The van der Waals surface area contributed by atoms with Crippen LogP contribution < -0.4 is 0 Å². The van der Waals surface area contributed by atoms with E-state index in [0.29, 0.717) is 4.91 Å². The van der Waals surface area contributed by atoms with Crippen molar-refractivity contribution in [2.45, 2.75) is 20.4 Å². The van der Waals surface area contributed by atoms with Gasteiger partial charge in [-0.1, -0.05) is 36.4 Å². The lowest BCUT2D eigenvalue weighted by Gasteiger charge is -2.13. The second kappa shape index (κ2) is 8.83. The van der Waals surface area contributed by atoms with Crippen molar-refractivity contribution in [2.24, 2.45) is 0 Å². The Balaban J connectivity index is 1.42. The van der Waals surface area contributed by atoms with Gasteiger partial charge in [0.2, 0.25) is 0 Å². The van der Waals surface area contributed by atoms with E-state index in [1.165, 1.54) is 8.47 Å². The van der Waals surface area contributed by atoms with Gasteiger partial charge < -0.3 is 4.57 Å². The summed E-state index contributed by atoms with van der Waals surface area (Å²) in [7, 11) is 0. The van der Waals surface area contributed by atoms with Gasteiger partial charge in [0.25, 0.3) is 11.1 Å². The number of imide groups is 1. The van der Waals surface area contributed by atoms with Crippen molar-refractivity contribution in [3.63, 3.8) is 0 Å². The highest BCUT2D eigenvalue weighted by molar-refractivity contribution is 14.1. The number of hydrogen-bond donors (Lipinski definition) is 0. The number of carbonyl (C=O) groups is 2. The average molecular weight is 564 g/mol. The molecule has 0 N–H and O–H groups in total. The molecule has 0 atom stereocenters. The van der Waals surface area contributed by atoms with E-state index in [4.69, 9.17) is 0 Å². The largest absolute Gasteiger partial charge is 0.318 e. The van der Waals surface area contributed by atoms with E-state index in [1.54, 1.807) is 0 Å². The fourth-order valence-corrected chi connectivity index (χ4v) is 5.41. The molecule has 4 nitrogen and oxygen atoms in total. The van der Waals surface area contributed by atoms with Crippen LogP contribution >= 0.6 is 34.4 Å². The van der Waals surface area contributed by atoms with Gasteiger partial charge in [-0.15, -0.1) is 0 Å². The fraction of sp³-hybridized carbons (Fsp3) is 0.111. The summed E-state index contributed by atoms with van der Waals surface area (Å²) in [6, 6.07) is 24.5. The third-order valence-corrected chi connectivity index (χ3v) is 7.50. The van der Waals surface area contributed by atoms with Crippen molar-refractivity contribution in [2.75, 3.05) is 0 Å². The molecule has 2 amide bonds. The molecule has 3 aromatic carbocycles. The van der Waals surface area contributed by atoms with E-state index < -0.39 is 0 Å². The summed E-state index contributed by atoms with van der Waals surface area (Å²) >= 11 is 3.30. The van der Waals surface area contributed by atoms with Gasteiger partial charge in [-0.3, -0.25) is 14.5 Å². The lowest BCUT2D eigenvalue weighted by molar-refractivity contribution is -0.123. The Morgan fingerprint density at radius 1 is 0.909 bits per heavy atom. The number of rotatable bonds is 4. The topological polar surface area (TPSA) is 42.3 Å². The van der Waals surface area contributed by atoms with E-state index >= 15 is 0 Å². The minimum atomic E-state index is -0.239. The number of benzene rings is 3. The first kappa shape index (κ1) is 22.0. The molecule has 0 spiro atoms. The molecule has 1 aliphatic rings. The third kappa shape index (κ3) is 4.25. The lowest BCUT2D eigenvalue weighted by atomic mass is 10.1. The highest BCUT2D eigenvalue weighted by Crippen LogP contribution is 2.35. The molecule has 0 unspecified atom stereocenters. The number of halogens is 1. The molecule has 1 fully saturated rings. The number of amides is 2. The molecule has 4 aromatic rings. The SMILES string of the molecule is Cc1cc(/C=C2\SC(=O)N(Cc3ccc4ccccc4c3)C2=O)c(C)n1-c1ccc(I)cc1. The van der Waals surface area contributed by atoms with Gasteiger partial charge in [-0.25, -0.2) is 0 Å². The maximum Gasteiger partial charge on any atom is 0.293 e. The number of carbonyl (C=O) groups excluding carboxylic acids is 2. The molecule has 6 heteroatoms. The smallest absolute Gasteiger partial charge is 0.293 e. The van der Waals surface area contributed by atoms with Crippen molar-refractivity contribution in [1.29, 1.82) is 0 Å². The van der Waals surface area contributed by atoms with Crippen LogP contribution in [0.2, 0.25) is 0 Å². The van der Waals surface area contributed by atoms with Gasteiger partial charge in [-0.05, 0) is 113 Å². The monoisotopic (exact) mass is 564 g/mol. The van der Waals surface area contributed by atoms with E-state index in [-0.39, 0.29) is 17.7 Å². The van der Waals surface area contributed by atoms with Gasteiger partial charge in [0, 0.05) is 20.6 Å². The maximum absolute atomic E-state index is 13.1. The third-order valence-electron chi connectivity index (χ3n) is 5.87. The molecule has 0 radical (unpaired) electrons. The predicted octanol–water partition coefficient (Wildman–Crippen LogP) is 7.09. The number of fused-ring (bicyclic) bond motifs is 1. The zero-order valence-electron chi connectivity index (χ0n) is 18.2. The van der Waals surface area contributed by atoms with Crippen LogP contribution in [0.25, 0.3) is 22.5 Å². The number of aromatic nitrogens is 1. The van der Waals surface area contributed by atoms with Crippen molar-refractivity contribution < 1.29 is 9.59 Å². The molecule has 0 saturated carbocycles. The van der Waals surface area contributed by atoms with Crippen molar-refractivity contribution in [3.05, 3.63) is 104 Å². The average Bonchev–Trinajstić information content (AvgIpc) is 3.23. The van der Waals surface area contributed by atoms with E-state index in [9.17, 15) is 9.59 Å². The Morgan fingerprint density at radius 2 is 1.64 bits per heavy atom. The summed E-state index contributed by atoms with van der Waals surface area (Å²) in [6.07, 6.45) is 1.84. The molecule has 2 heterocycles. The van der Waals surface area contributed by atoms with Crippen molar-refractivity contribution in [1.82, 2.24) is 9.47 Å². The molecule has 0 bridgehead atoms. The van der Waals surface area contributed by atoms with Crippen molar-refractivity contribution in [3.8, 4) is 5.69 Å². The minimum Gasteiger partial charge on any atom is -0.318 e. The van der Waals surface area contributed by atoms with Crippen LogP contribution in [0.15, 0.2) is 77.7 Å². The molecule has 33 heavy (non-hydrogen) atoms. The first-order chi connectivity index (χ1) is 15.9. The highest BCUT2D eigenvalue weighted by Gasteiger charge is 2.35. The van der Waals surface area contributed by atoms with Crippen molar-refractivity contribution >= 4 is 62.3 Å². The molecular formula is C27H21IN2O2S. The summed E-state index contributed by atoms with van der Waals surface area (Å²) in [5, 5.41) is 2.00. The summed E-state index contributed by atoms with van der Waals surface area (Å²) in [6.45, 7) is 4.36. The van der Waals surface area contributed by atoms with Crippen LogP contribution in [0.3, 0.4) is 0 Å². The quantitative estimate of drug-likeness (QED) is 0.196. The molecule has 1 aromatic heterocycles. The Kier molecular flexibility index (Phi) is 5.88.